The Labute approximate surface area is 123 Å². The summed E-state index contributed by atoms with van der Waals surface area (Å²) >= 11 is 0. The van der Waals surface area contributed by atoms with Gasteiger partial charge in [0.15, 0.2) is 11.5 Å². The SMILES string of the molecule is Nc1ncc(C(F)(F)F)cc1NCc1ccc2c(c1)OCO2. The summed E-state index contributed by atoms with van der Waals surface area (Å²) in [5.41, 5.74) is 5.70. The molecule has 1 aliphatic rings. The maximum atomic E-state index is 12.7. The zero-order valence-corrected chi connectivity index (χ0v) is 11.3. The highest BCUT2D eigenvalue weighted by molar-refractivity contribution is 5.63. The predicted molar refractivity (Wildman–Crippen MR) is 73.5 cm³/mol. The number of fused-ring (bicyclic) bond motifs is 1. The van der Waals surface area contributed by atoms with Gasteiger partial charge in [-0.25, -0.2) is 4.98 Å². The number of nitrogens with one attached hydrogen (secondary N) is 1. The zero-order valence-electron chi connectivity index (χ0n) is 11.3. The lowest BCUT2D eigenvalue weighted by atomic mass is 10.2. The molecular formula is C14H12F3N3O2. The van der Waals surface area contributed by atoms with Crippen LogP contribution in [0.15, 0.2) is 30.5 Å². The minimum atomic E-state index is -4.46. The van der Waals surface area contributed by atoms with Crippen molar-refractivity contribution in [1.29, 1.82) is 0 Å². The van der Waals surface area contributed by atoms with Gasteiger partial charge >= 0.3 is 6.18 Å². The maximum Gasteiger partial charge on any atom is 0.417 e. The van der Waals surface area contributed by atoms with Crippen LogP contribution >= 0.6 is 0 Å². The van der Waals surface area contributed by atoms with Crippen LogP contribution in [0, 0.1) is 0 Å². The smallest absolute Gasteiger partial charge is 0.417 e. The molecule has 0 aliphatic carbocycles. The fourth-order valence-electron chi connectivity index (χ4n) is 2.02. The molecular weight excluding hydrogens is 299 g/mol. The van der Waals surface area contributed by atoms with E-state index >= 15 is 0 Å². The number of anilines is 2. The molecule has 116 valence electrons. The maximum absolute atomic E-state index is 12.7. The number of benzene rings is 1. The van der Waals surface area contributed by atoms with Gasteiger partial charge < -0.3 is 20.5 Å². The van der Waals surface area contributed by atoms with Gasteiger partial charge in [0.2, 0.25) is 6.79 Å². The Kier molecular flexibility index (Phi) is 3.44. The van der Waals surface area contributed by atoms with Crippen LogP contribution in [-0.4, -0.2) is 11.8 Å². The third kappa shape index (κ3) is 2.85. The van der Waals surface area contributed by atoms with Crippen molar-refractivity contribution in [3.63, 3.8) is 0 Å². The predicted octanol–water partition coefficient (Wildman–Crippen LogP) is 3.02. The molecule has 3 rings (SSSR count). The normalized spacial score (nSPS) is 13.2. The van der Waals surface area contributed by atoms with E-state index in [2.05, 4.69) is 10.3 Å². The van der Waals surface area contributed by atoms with Crippen LogP contribution in [0.4, 0.5) is 24.7 Å². The molecule has 8 heteroatoms. The van der Waals surface area contributed by atoms with Crippen molar-refractivity contribution >= 4 is 11.5 Å². The molecule has 1 aromatic carbocycles. The molecule has 0 atom stereocenters. The summed E-state index contributed by atoms with van der Waals surface area (Å²) in [4.78, 5) is 3.57. The van der Waals surface area contributed by atoms with Gasteiger partial charge in [0.1, 0.15) is 5.82 Å². The van der Waals surface area contributed by atoms with Crippen LogP contribution in [0.2, 0.25) is 0 Å². The number of hydrogen-bond acceptors (Lipinski definition) is 5. The van der Waals surface area contributed by atoms with Crippen LogP contribution in [0.25, 0.3) is 0 Å². The summed E-state index contributed by atoms with van der Waals surface area (Å²) in [6.45, 7) is 0.445. The fourth-order valence-corrected chi connectivity index (χ4v) is 2.02. The molecule has 0 saturated heterocycles. The highest BCUT2D eigenvalue weighted by Crippen LogP contribution is 2.34. The van der Waals surface area contributed by atoms with Crippen molar-refractivity contribution < 1.29 is 22.6 Å². The van der Waals surface area contributed by atoms with E-state index in [0.29, 0.717) is 17.7 Å². The second-order valence-corrected chi connectivity index (χ2v) is 4.70. The molecule has 0 saturated carbocycles. The average molecular weight is 311 g/mol. The number of nitrogens with two attached hydrogens (primary N) is 1. The number of rotatable bonds is 3. The summed E-state index contributed by atoms with van der Waals surface area (Å²) in [7, 11) is 0. The first-order valence-corrected chi connectivity index (χ1v) is 6.38. The molecule has 0 unspecified atom stereocenters. The number of halogens is 3. The van der Waals surface area contributed by atoms with Crippen LogP contribution in [-0.2, 0) is 12.7 Å². The summed E-state index contributed by atoms with van der Waals surface area (Å²) in [5.74, 6) is 1.26. The Balaban J connectivity index is 1.76. The van der Waals surface area contributed by atoms with Crippen molar-refractivity contribution in [2.45, 2.75) is 12.7 Å². The molecule has 0 amide bonds. The third-order valence-corrected chi connectivity index (χ3v) is 3.17. The zero-order chi connectivity index (χ0) is 15.7. The van der Waals surface area contributed by atoms with E-state index in [1.165, 1.54) is 0 Å². The largest absolute Gasteiger partial charge is 0.454 e. The van der Waals surface area contributed by atoms with Crippen molar-refractivity contribution in [1.82, 2.24) is 4.98 Å². The lowest BCUT2D eigenvalue weighted by Crippen LogP contribution is -2.10. The van der Waals surface area contributed by atoms with Gasteiger partial charge in [-0.1, -0.05) is 6.07 Å². The summed E-state index contributed by atoms with van der Waals surface area (Å²) in [6, 6.07) is 6.23. The first kappa shape index (κ1) is 14.3. The van der Waals surface area contributed by atoms with E-state index in [1.807, 2.05) is 0 Å². The van der Waals surface area contributed by atoms with Gasteiger partial charge in [-0.05, 0) is 23.8 Å². The molecule has 2 aromatic rings. The number of pyridine rings is 1. The first-order valence-electron chi connectivity index (χ1n) is 6.38. The van der Waals surface area contributed by atoms with Gasteiger partial charge in [-0.2, -0.15) is 13.2 Å². The van der Waals surface area contributed by atoms with Crippen molar-refractivity contribution in [2.24, 2.45) is 0 Å². The fraction of sp³-hybridized carbons (Fsp3) is 0.214. The monoisotopic (exact) mass is 311 g/mol. The second-order valence-electron chi connectivity index (χ2n) is 4.70. The molecule has 0 fully saturated rings. The number of alkyl halides is 3. The Hall–Kier alpha value is -2.64. The molecule has 1 aromatic heterocycles. The molecule has 3 N–H and O–H groups in total. The highest BCUT2D eigenvalue weighted by Gasteiger charge is 2.31. The first-order chi connectivity index (χ1) is 10.4. The van der Waals surface area contributed by atoms with Crippen LogP contribution in [0.5, 0.6) is 11.5 Å². The number of nitrogen functional groups attached to an aromatic ring is 1. The number of hydrogen-bond donors (Lipinski definition) is 2. The minimum Gasteiger partial charge on any atom is -0.454 e. The molecule has 0 radical (unpaired) electrons. The van der Waals surface area contributed by atoms with Crippen LogP contribution in [0.1, 0.15) is 11.1 Å². The Morgan fingerprint density at radius 3 is 2.73 bits per heavy atom. The van der Waals surface area contributed by atoms with E-state index in [-0.39, 0.29) is 24.8 Å². The topological polar surface area (TPSA) is 69.4 Å². The Morgan fingerprint density at radius 2 is 1.95 bits per heavy atom. The van der Waals surface area contributed by atoms with Crippen molar-refractivity contribution in [2.75, 3.05) is 17.8 Å². The average Bonchev–Trinajstić information content (AvgIpc) is 2.92. The van der Waals surface area contributed by atoms with Crippen LogP contribution < -0.4 is 20.5 Å². The van der Waals surface area contributed by atoms with Gasteiger partial charge in [0.25, 0.3) is 0 Å². The third-order valence-electron chi connectivity index (χ3n) is 3.17. The molecule has 1 aliphatic heterocycles. The lowest BCUT2D eigenvalue weighted by molar-refractivity contribution is -0.137. The van der Waals surface area contributed by atoms with E-state index < -0.39 is 11.7 Å². The van der Waals surface area contributed by atoms with Gasteiger partial charge in [0.05, 0.1) is 11.3 Å². The molecule has 0 bridgehead atoms. The van der Waals surface area contributed by atoms with E-state index in [1.54, 1.807) is 18.2 Å². The molecule has 0 spiro atoms. The lowest BCUT2D eigenvalue weighted by Gasteiger charge is -2.12. The van der Waals surface area contributed by atoms with Crippen LogP contribution in [0.3, 0.4) is 0 Å². The summed E-state index contributed by atoms with van der Waals surface area (Å²) < 4.78 is 48.5. The Morgan fingerprint density at radius 1 is 1.18 bits per heavy atom. The van der Waals surface area contributed by atoms with Crippen molar-refractivity contribution in [3.8, 4) is 11.5 Å². The van der Waals surface area contributed by atoms with Gasteiger partial charge in [-0.3, -0.25) is 0 Å². The Bertz CT molecular complexity index is 704. The van der Waals surface area contributed by atoms with Crippen molar-refractivity contribution in [3.05, 3.63) is 41.6 Å². The van der Waals surface area contributed by atoms with E-state index in [4.69, 9.17) is 15.2 Å². The highest BCUT2D eigenvalue weighted by atomic mass is 19.4. The number of aromatic nitrogens is 1. The minimum absolute atomic E-state index is 0.00810. The summed E-state index contributed by atoms with van der Waals surface area (Å²) in [5, 5.41) is 2.85. The van der Waals surface area contributed by atoms with E-state index in [9.17, 15) is 13.2 Å². The summed E-state index contributed by atoms with van der Waals surface area (Å²) in [6.07, 6.45) is -3.75. The van der Waals surface area contributed by atoms with Gasteiger partial charge in [0, 0.05) is 12.7 Å². The van der Waals surface area contributed by atoms with E-state index in [0.717, 1.165) is 11.6 Å². The molecule has 5 nitrogen and oxygen atoms in total. The standard InChI is InChI=1S/C14H12F3N3O2/c15-14(16,17)9-4-10(13(18)20-6-9)19-5-8-1-2-11-12(3-8)22-7-21-11/h1-4,6,19H,5,7H2,(H2,18,20). The number of nitrogens with zero attached hydrogens (tertiary/aromatic N) is 1. The molecule has 2 heterocycles. The number of ether oxygens (including phenoxy) is 2. The van der Waals surface area contributed by atoms with Gasteiger partial charge in [-0.15, -0.1) is 0 Å². The second kappa shape index (κ2) is 5.28. The molecule has 22 heavy (non-hydrogen) atoms. The quantitative estimate of drug-likeness (QED) is 0.912.